The van der Waals surface area contributed by atoms with E-state index in [2.05, 4.69) is 15.3 Å². The number of ether oxygens (including phenoxy) is 1. The summed E-state index contributed by atoms with van der Waals surface area (Å²) in [4.78, 5) is 39.0. The lowest BCUT2D eigenvalue weighted by molar-refractivity contribution is -0.135. The normalized spacial score (nSPS) is 18.9. The van der Waals surface area contributed by atoms with E-state index in [1.807, 2.05) is 24.3 Å². The molecule has 40 heavy (non-hydrogen) atoms. The molecule has 3 aliphatic heterocycles. The number of hydrogen-bond acceptors (Lipinski definition) is 5. The van der Waals surface area contributed by atoms with Crippen LogP contribution in [0.5, 0.6) is 0 Å². The first-order chi connectivity index (χ1) is 19.1. The van der Waals surface area contributed by atoms with Crippen LogP contribution in [0.3, 0.4) is 0 Å². The number of alkyl halides is 3. The number of rotatable bonds is 6. The van der Waals surface area contributed by atoms with E-state index in [-0.39, 0.29) is 55.7 Å². The van der Waals surface area contributed by atoms with Crippen molar-refractivity contribution in [2.45, 2.75) is 56.4 Å². The van der Waals surface area contributed by atoms with E-state index in [0.29, 0.717) is 35.9 Å². The van der Waals surface area contributed by atoms with Gasteiger partial charge in [0.05, 0.1) is 12.1 Å². The molecule has 2 fully saturated rings. The Morgan fingerprint density at radius 2 is 1.88 bits per heavy atom. The number of amides is 3. The van der Waals surface area contributed by atoms with Crippen molar-refractivity contribution in [3.8, 4) is 0 Å². The van der Waals surface area contributed by atoms with Crippen molar-refractivity contribution in [1.29, 1.82) is 0 Å². The smallest absolute Gasteiger partial charge is 0.381 e. The van der Waals surface area contributed by atoms with E-state index in [1.54, 1.807) is 26.5 Å². The number of nitrogens with zero attached hydrogens (tertiary/aromatic N) is 5. The summed E-state index contributed by atoms with van der Waals surface area (Å²) in [6, 6.07) is 10.5. The van der Waals surface area contributed by atoms with Gasteiger partial charge in [0.15, 0.2) is 5.65 Å². The van der Waals surface area contributed by atoms with E-state index in [1.165, 1.54) is 0 Å². The Labute approximate surface area is 233 Å². The SMILES string of the molecule is O=C(NC1CCOCC1)N1CC2(C1)C(=O)N(Cc1nc3nc(Cl)ccc3n1CCCC(F)(F)F)c1ccccc12. The van der Waals surface area contributed by atoms with Gasteiger partial charge < -0.3 is 24.4 Å². The van der Waals surface area contributed by atoms with E-state index in [9.17, 15) is 22.8 Å². The lowest BCUT2D eigenvalue weighted by Gasteiger charge is -2.47. The first-order valence-corrected chi connectivity index (χ1v) is 13.7. The molecule has 1 spiro atoms. The summed E-state index contributed by atoms with van der Waals surface area (Å²) in [6.07, 6.45) is -3.85. The molecule has 3 amide bonds. The number of carbonyl (C=O) groups excluding carboxylic acids is 2. The minimum atomic E-state index is -4.28. The topological polar surface area (TPSA) is 92.6 Å². The van der Waals surface area contributed by atoms with E-state index in [0.717, 1.165) is 18.4 Å². The van der Waals surface area contributed by atoms with Crippen LogP contribution in [0.4, 0.5) is 23.7 Å². The average molecular weight is 577 g/mol. The van der Waals surface area contributed by atoms with Crippen LogP contribution in [0.1, 0.15) is 37.1 Å². The van der Waals surface area contributed by atoms with Gasteiger partial charge in [0.2, 0.25) is 5.91 Å². The molecule has 13 heteroatoms. The number of urea groups is 1. The molecule has 212 valence electrons. The summed E-state index contributed by atoms with van der Waals surface area (Å²) in [5.41, 5.74) is 1.52. The molecule has 2 saturated heterocycles. The fourth-order valence-corrected chi connectivity index (χ4v) is 6.04. The molecule has 0 atom stereocenters. The molecular formula is C27H28ClF3N6O3. The van der Waals surface area contributed by atoms with E-state index < -0.39 is 18.0 Å². The zero-order valence-corrected chi connectivity index (χ0v) is 22.3. The van der Waals surface area contributed by atoms with Gasteiger partial charge in [-0.1, -0.05) is 29.8 Å². The molecule has 0 radical (unpaired) electrons. The Kier molecular flexibility index (Phi) is 6.86. The number of hydrogen-bond donors (Lipinski definition) is 1. The minimum Gasteiger partial charge on any atom is -0.381 e. The summed E-state index contributed by atoms with van der Waals surface area (Å²) in [5.74, 6) is 0.254. The zero-order chi connectivity index (χ0) is 28.1. The largest absolute Gasteiger partial charge is 0.389 e. The van der Waals surface area contributed by atoms with Crippen LogP contribution in [0.25, 0.3) is 11.2 Å². The van der Waals surface area contributed by atoms with Crippen LogP contribution in [0.15, 0.2) is 36.4 Å². The number of likely N-dealkylation sites (tertiary alicyclic amines) is 1. The quantitative estimate of drug-likeness (QED) is 0.439. The lowest BCUT2D eigenvalue weighted by atomic mass is 9.75. The van der Waals surface area contributed by atoms with Crippen LogP contribution in [-0.2, 0) is 28.0 Å². The molecular weight excluding hydrogens is 549 g/mol. The van der Waals surface area contributed by atoms with Crippen molar-refractivity contribution in [2.75, 3.05) is 31.2 Å². The molecule has 0 aliphatic carbocycles. The highest BCUT2D eigenvalue weighted by Crippen LogP contribution is 2.48. The van der Waals surface area contributed by atoms with Gasteiger partial charge in [-0.2, -0.15) is 13.2 Å². The van der Waals surface area contributed by atoms with Crippen LogP contribution in [-0.4, -0.2) is 69.9 Å². The molecule has 1 aromatic carbocycles. The Morgan fingerprint density at radius 1 is 1.12 bits per heavy atom. The number of aryl methyl sites for hydroxylation is 1. The number of imidazole rings is 1. The van der Waals surface area contributed by atoms with Gasteiger partial charge in [-0.05, 0) is 43.0 Å². The van der Waals surface area contributed by atoms with Gasteiger partial charge in [-0.3, -0.25) is 4.79 Å². The Morgan fingerprint density at radius 3 is 2.62 bits per heavy atom. The number of benzene rings is 1. The van der Waals surface area contributed by atoms with Crippen molar-refractivity contribution < 1.29 is 27.5 Å². The van der Waals surface area contributed by atoms with Crippen LogP contribution < -0.4 is 10.2 Å². The third-order valence-corrected chi connectivity index (χ3v) is 8.13. The fraction of sp³-hybridized carbons (Fsp3) is 0.481. The van der Waals surface area contributed by atoms with Gasteiger partial charge in [0.25, 0.3) is 0 Å². The number of carbonyl (C=O) groups is 2. The van der Waals surface area contributed by atoms with Crippen molar-refractivity contribution in [3.63, 3.8) is 0 Å². The van der Waals surface area contributed by atoms with Crippen LogP contribution >= 0.6 is 11.6 Å². The number of fused-ring (bicyclic) bond motifs is 3. The number of pyridine rings is 1. The van der Waals surface area contributed by atoms with Gasteiger partial charge in [-0.25, -0.2) is 14.8 Å². The maximum Gasteiger partial charge on any atom is 0.389 e. The highest BCUT2D eigenvalue weighted by molar-refractivity contribution is 6.29. The predicted octanol–water partition coefficient (Wildman–Crippen LogP) is 4.42. The van der Waals surface area contributed by atoms with Gasteiger partial charge in [0, 0.05) is 51.0 Å². The lowest BCUT2D eigenvalue weighted by Crippen LogP contribution is -2.67. The van der Waals surface area contributed by atoms with Crippen LogP contribution in [0, 0.1) is 0 Å². The summed E-state index contributed by atoms with van der Waals surface area (Å²) >= 11 is 6.05. The molecule has 0 saturated carbocycles. The molecule has 3 aromatic rings. The highest BCUT2D eigenvalue weighted by atomic mass is 35.5. The summed E-state index contributed by atoms with van der Waals surface area (Å²) in [6.45, 7) is 1.81. The highest BCUT2D eigenvalue weighted by Gasteiger charge is 2.59. The molecule has 0 bridgehead atoms. The second kappa shape index (κ2) is 10.2. The molecule has 2 aromatic heterocycles. The summed E-state index contributed by atoms with van der Waals surface area (Å²) < 4.78 is 45.7. The van der Waals surface area contributed by atoms with Gasteiger partial charge >= 0.3 is 12.2 Å². The first-order valence-electron chi connectivity index (χ1n) is 13.3. The monoisotopic (exact) mass is 576 g/mol. The zero-order valence-electron chi connectivity index (χ0n) is 21.6. The molecule has 9 nitrogen and oxygen atoms in total. The average Bonchev–Trinajstić information content (AvgIpc) is 3.35. The van der Waals surface area contributed by atoms with Crippen LogP contribution in [0.2, 0.25) is 5.15 Å². The van der Waals surface area contributed by atoms with Crippen molar-refractivity contribution in [1.82, 2.24) is 24.8 Å². The third kappa shape index (κ3) is 4.87. The number of anilines is 1. The molecule has 0 unspecified atom stereocenters. The fourth-order valence-electron chi connectivity index (χ4n) is 5.90. The van der Waals surface area contributed by atoms with Gasteiger partial charge in [-0.15, -0.1) is 0 Å². The molecule has 3 aliphatic rings. The van der Waals surface area contributed by atoms with E-state index in [4.69, 9.17) is 16.3 Å². The van der Waals surface area contributed by atoms with Gasteiger partial charge in [0.1, 0.15) is 16.4 Å². The number of nitrogens with one attached hydrogen (secondary N) is 1. The maximum atomic E-state index is 14.0. The van der Waals surface area contributed by atoms with Crippen molar-refractivity contribution in [3.05, 3.63) is 52.9 Å². The molecule has 1 N–H and O–H groups in total. The molecule has 5 heterocycles. The maximum absolute atomic E-state index is 14.0. The van der Waals surface area contributed by atoms with Crippen molar-refractivity contribution >= 4 is 40.4 Å². The van der Waals surface area contributed by atoms with E-state index >= 15 is 0 Å². The van der Waals surface area contributed by atoms with Crippen molar-refractivity contribution in [2.24, 2.45) is 0 Å². The standard InChI is InChI=1S/C27H28ClF3N6O3/c28-21-7-6-20-23(33-21)34-22(36(20)11-3-10-27(29,30)31)14-37-19-5-2-1-4-18(19)26(24(37)38)15-35(16-26)25(39)32-17-8-12-40-13-9-17/h1-2,4-7,17H,3,8-16H2,(H,32,39). The first kappa shape index (κ1) is 26.8. The summed E-state index contributed by atoms with van der Waals surface area (Å²) in [7, 11) is 0. The number of halogens is 4. The minimum absolute atomic E-state index is 0.0475. The Balaban J connectivity index is 1.25. The summed E-state index contributed by atoms with van der Waals surface area (Å²) in [5, 5.41) is 3.26. The second-order valence-corrected chi connectivity index (χ2v) is 10.9. The molecule has 6 rings (SSSR count). The predicted molar refractivity (Wildman–Crippen MR) is 141 cm³/mol. The Hall–Kier alpha value is -3.38. The Bertz CT molecular complexity index is 1450. The number of para-hydroxylation sites is 1. The number of aromatic nitrogens is 3. The second-order valence-electron chi connectivity index (χ2n) is 10.6. The third-order valence-electron chi connectivity index (χ3n) is 7.92.